The Labute approximate surface area is 616 Å². The van der Waals surface area contributed by atoms with Gasteiger partial charge in [-0.1, -0.05) is 65.7 Å². The van der Waals surface area contributed by atoms with Crippen molar-refractivity contribution in [2.75, 3.05) is 41.4 Å². The number of esters is 2. The fraction of sp³-hybridized carbons (Fsp3) is 0.946. The van der Waals surface area contributed by atoms with Crippen LogP contribution in [0.4, 0.5) is 0 Å². The van der Waals surface area contributed by atoms with Crippen LogP contribution in [0.3, 0.4) is 0 Å². The minimum atomic E-state index is -2.07. The summed E-state index contributed by atoms with van der Waals surface area (Å²) in [7, 11) is 6.57. The number of carbonyl (C=O) groups is 2. The van der Waals surface area contributed by atoms with E-state index in [9.17, 15) is 71.1 Å². The molecule has 0 unspecified atom stereocenters. The molecular formula is C74H134N4O26. The van der Waals surface area contributed by atoms with Crippen molar-refractivity contribution in [3.8, 4) is 0 Å². The van der Waals surface area contributed by atoms with Crippen LogP contribution in [-0.2, 0) is 66.4 Å². The number of methoxy groups -OCH3 is 2. The van der Waals surface area contributed by atoms with E-state index in [0.717, 1.165) is 0 Å². The number of ether oxygens (including phenoxy) is 12. The highest BCUT2D eigenvalue weighted by Crippen LogP contribution is 2.45. The van der Waals surface area contributed by atoms with Crippen LogP contribution >= 0.6 is 0 Å². The Morgan fingerprint density at radius 1 is 0.471 bits per heavy atom. The Morgan fingerprint density at radius 2 is 0.788 bits per heavy atom. The second-order valence-electron chi connectivity index (χ2n) is 33.2. The maximum absolute atomic E-state index is 14.7. The van der Waals surface area contributed by atoms with Gasteiger partial charge in [-0.25, -0.2) is 0 Å². The number of aliphatic hydroxyl groups is 10. The first-order chi connectivity index (χ1) is 48.1. The average molecular weight is 1500 g/mol. The molecule has 104 heavy (non-hydrogen) atoms. The lowest BCUT2D eigenvalue weighted by Gasteiger charge is -2.49. The molecule has 0 radical (unpaired) electrons. The molecule has 6 rings (SSSR count). The predicted molar refractivity (Wildman–Crippen MR) is 379 cm³/mol. The minimum Gasteiger partial charge on any atom is -0.459 e. The highest BCUT2D eigenvalue weighted by molar-refractivity contribution is 5.89. The van der Waals surface area contributed by atoms with Crippen molar-refractivity contribution < 1.29 is 128 Å². The summed E-state index contributed by atoms with van der Waals surface area (Å²) in [6.07, 6.45) is -23.5. The van der Waals surface area contributed by atoms with Gasteiger partial charge in [0.1, 0.15) is 47.8 Å². The maximum Gasteiger partial charge on any atom is 0.311 e. The molecule has 0 aromatic rings. The summed E-state index contributed by atoms with van der Waals surface area (Å²) in [5.41, 5.74) is -10.3. The molecule has 12 N–H and O–H groups in total. The van der Waals surface area contributed by atoms with Crippen LogP contribution in [0.2, 0.25) is 0 Å². The van der Waals surface area contributed by atoms with Gasteiger partial charge in [0.2, 0.25) is 0 Å². The zero-order valence-corrected chi connectivity index (χ0v) is 66.3. The van der Waals surface area contributed by atoms with Gasteiger partial charge in [0, 0.05) is 87.7 Å². The lowest BCUT2D eigenvalue weighted by Crippen LogP contribution is -2.62. The molecule has 0 amide bonds. The Kier molecular flexibility index (Phi) is 31.1. The molecule has 0 aromatic carbocycles. The molecular weight excluding hydrogens is 1360 g/mol. The molecule has 0 bridgehead atoms. The quantitative estimate of drug-likeness (QED) is 0.0559. The van der Waals surface area contributed by atoms with Gasteiger partial charge in [0.05, 0.1) is 107 Å². The first kappa shape index (κ1) is 89.9. The number of oxime groups is 2. The number of nitrogens with zero attached hydrogens (tertiary/aromatic N) is 4. The number of hydrogen-bond donors (Lipinski definition) is 12. The molecule has 0 aliphatic carbocycles. The van der Waals surface area contributed by atoms with Crippen molar-refractivity contribution >= 4 is 23.4 Å². The zero-order valence-electron chi connectivity index (χ0n) is 66.3. The Bertz CT molecular complexity index is 2620. The Morgan fingerprint density at radius 3 is 1.08 bits per heavy atom. The van der Waals surface area contributed by atoms with Gasteiger partial charge in [0.15, 0.2) is 25.2 Å². The largest absolute Gasteiger partial charge is 0.459 e. The van der Waals surface area contributed by atoms with Crippen LogP contribution in [0, 0.1) is 47.3 Å². The maximum atomic E-state index is 14.7. The first-order valence-electron chi connectivity index (χ1n) is 37.7. The summed E-state index contributed by atoms with van der Waals surface area (Å²) >= 11 is 0. The normalized spacial score (nSPS) is 50.0. The highest BCUT2D eigenvalue weighted by atomic mass is 16.7. The monoisotopic (exact) mass is 1490 g/mol. The average Bonchev–Trinajstić information content (AvgIpc) is 0.778. The molecule has 0 spiro atoms. The number of aliphatic hydroxyl groups excluding tert-OH is 6. The van der Waals surface area contributed by atoms with E-state index in [0.29, 0.717) is 12.8 Å². The van der Waals surface area contributed by atoms with E-state index < -0.39 is 228 Å². The van der Waals surface area contributed by atoms with E-state index in [1.54, 1.807) is 96.9 Å². The van der Waals surface area contributed by atoms with Gasteiger partial charge in [0.25, 0.3) is 0 Å². The summed E-state index contributed by atoms with van der Waals surface area (Å²) < 4.78 is 76.9. The molecule has 30 nitrogen and oxygen atoms in total. The van der Waals surface area contributed by atoms with Crippen molar-refractivity contribution in [2.24, 2.45) is 57.7 Å². The molecule has 0 saturated carbocycles. The van der Waals surface area contributed by atoms with E-state index in [1.165, 1.54) is 41.9 Å². The number of hydrogen-bond acceptors (Lipinski definition) is 30. The second-order valence-corrected chi connectivity index (χ2v) is 33.2. The predicted octanol–water partition coefficient (Wildman–Crippen LogP) is 3.85. The van der Waals surface area contributed by atoms with Crippen LogP contribution in [0.25, 0.3) is 0 Å². The van der Waals surface area contributed by atoms with Crippen molar-refractivity contribution in [1.29, 1.82) is 0 Å². The fourth-order valence-corrected chi connectivity index (χ4v) is 17.7. The third-order valence-corrected chi connectivity index (χ3v) is 24.6. The van der Waals surface area contributed by atoms with Crippen LogP contribution in [0.15, 0.2) is 10.3 Å². The van der Waals surface area contributed by atoms with Crippen LogP contribution in [0.1, 0.15) is 190 Å². The molecule has 36 atom stereocenters. The van der Waals surface area contributed by atoms with Crippen LogP contribution in [-0.4, -0.2) is 305 Å². The third kappa shape index (κ3) is 19.6. The Hall–Kier alpha value is -3.00. The van der Waals surface area contributed by atoms with Crippen molar-refractivity contribution in [3.63, 3.8) is 0 Å². The second kappa shape index (κ2) is 36.0. The first-order valence-corrected chi connectivity index (χ1v) is 37.7. The number of rotatable bonds is 17. The van der Waals surface area contributed by atoms with Crippen molar-refractivity contribution in [2.45, 2.75) is 358 Å². The van der Waals surface area contributed by atoms with E-state index in [4.69, 9.17) is 56.8 Å². The lowest BCUT2D eigenvalue weighted by molar-refractivity contribution is -0.319. The fourth-order valence-electron chi connectivity index (χ4n) is 17.7. The minimum absolute atomic E-state index is 0.000418. The molecule has 6 aliphatic rings. The van der Waals surface area contributed by atoms with Gasteiger partial charge < -0.3 is 118 Å². The molecule has 6 fully saturated rings. The molecule has 0 aromatic heterocycles. The SMILES string of the molecule is CC[C@H]1OC(=O)[C@H](C)[C@@H](O[C@H]2C[C@@](C)(OC)[C@@H](O)[C@H](C)O2)[C@H](C)[C@@H](O[C@@H]2O[C@H](C)C[C@H](N(C)CCN(C)[C@H]3C[C@@H](C)O[C@@H](O[C@@H]4[C@@H](C)[C@H](O[C@H]5C[C@@](C)(OC)[C@@H](O)[C@H](C)O5)[C@@H](C)C(=O)O[C@H](CC)[C@@](C)(O)[C@H](O)[C@@H](C)/C(=N\O)[C@H](C)C[C@@]4(C)O)[C@@H]3O)[C@H]2O)[C@](C)(O)C[C@@H](C)/C(=N/O)[C@H](C)[C@@H](O)[C@]1(C)O. The highest BCUT2D eigenvalue weighted by Gasteiger charge is 2.57. The molecule has 606 valence electrons. The topological polar surface area (TPSA) is 419 Å². The molecule has 6 aliphatic heterocycles. The van der Waals surface area contributed by atoms with Gasteiger partial charge in [-0.15, -0.1) is 0 Å². The lowest BCUT2D eigenvalue weighted by atomic mass is 9.73. The smallest absolute Gasteiger partial charge is 0.311 e. The summed E-state index contributed by atoms with van der Waals surface area (Å²) in [4.78, 5) is 33.3. The summed E-state index contributed by atoms with van der Waals surface area (Å²) in [5.74, 6) is -9.78. The van der Waals surface area contributed by atoms with E-state index in [-0.39, 0.29) is 63.0 Å². The number of likely N-dealkylation sites (N-methyl/N-ethyl adjacent to an activating group) is 2. The molecule has 30 heteroatoms. The van der Waals surface area contributed by atoms with Gasteiger partial charge in [-0.3, -0.25) is 19.4 Å². The van der Waals surface area contributed by atoms with E-state index in [2.05, 4.69) is 10.3 Å². The van der Waals surface area contributed by atoms with Crippen LogP contribution in [0.5, 0.6) is 0 Å². The molecule has 6 heterocycles. The van der Waals surface area contributed by atoms with Crippen LogP contribution < -0.4 is 0 Å². The molecule has 6 saturated heterocycles. The van der Waals surface area contributed by atoms with Gasteiger partial charge in [-0.2, -0.15) is 0 Å². The van der Waals surface area contributed by atoms with E-state index in [1.807, 2.05) is 37.7 Å². The summed E-state index contributed by atoms with van der Waals surface area (Å²) in [6.45, 7) is 33.1. The zero-order chi connectivity index (χ0) is 78.8. The standard InChI is InChI=1S/C74H134N4O26/c1-25-49-73(19,89)59(81)39(7)53(75-91)35(3)31-69(15,87)63(41(9)57(43(11)65(85)99-49)101-51-33-71(17,93-23)61(83)45(13)97-51)103-67-55(79)47(29-37(5)95-67)77(21)27-28-78(22)48-30-38(6)96-68(56(48)80)104-64-42(10)58(102-52-34-72(18,94-24)62(84)46(14)98-52)44(12)66(86)100-50(26-2)74(20,90)60(82)40(8)54(76-92)36(4)32-70(64,16)88/h35-52,55-64,67-68,79-84,87-92H,25-34H2,1-24H3/b75-53-,76-54-/t35-,36-,37-,38-,39+,40+,41+,42+,43-,44-,45+,46+,47+,48+,49-,50-,51+,52+,55-,56-,57+,58+,59-,60-,61+,62+,63-,64-,67+,68+,69-,70-,71-,72-,73-,74-/m1/s1. The number of carbonyl (C=O) groups excluding carboxylic acids is 2. The van der Waals surface area contributed by atoms with E-state index >= 15 is 0 Å². The van der Waals surface area contributed by atoms with Gasteiger partial charge >= 0.3 is 11.9 Å². The van der Waals surface area contributed by atoms with Crippen molar-refractivity contribution in [3.05, 3.63) is 0 Å². The van der Waals surface area contributed by atoms with Crippen molar-refractivity contribution in [1.82, 2.24) is 9.80 Å². The Balaban J connectivity index is 1.32. The summed E-state index contributed by atoms with van der Waals surface area (Å²) in [6, 6.07) is -1.32. The van der Waals surface area contributed by atoms with Gasteiger partial charge in [-0.05, 0) is 136 Å². The third-order valence-electron chi connectivity index (χ3n) is 24.6. The summed E-state index contributed by atoms with van der Waals surface area (Å²) in [5, 5.41) is 150. The number of cyclic esters (lactones) is 2.